The molecule has 0 aliphatic heterocycles. The van der Waals surface area contributed by atoms with Crippen molar-refractivity contribution in [3.8, 4) is 0 Å². The molecule has 0 aliphatic rings. The maximum absolute atomic E-state index is 11.7. The van der Waals surface area contributed by atoms with Gasteiger partial charge < -0.3 is 14.7 Å². The van der Waals surface area contributed by atoms with Crippen molar-refractivity contribution in [1.82, 2.24) is 4.90 Å². The Morgan fingerprint density at radius 2 is 1.94 bits per heavy atom. The molecular weight excluding hydrogens is 210 g/mol. The monoisotopic (exact) mass is 231 g/mol. The minimum Gasteiger partial charge on any atom is -0.481 e. The van der Waals surface area contributed by atoms with Crippen molar-refractivity contribution in [2.45, 2.75) is 32.8 Å². The molecule has 0 aromatic heterocycles. The van der Waals surface area contributed by atoms with Crippen LogP contribution >= 0.6 is 0 Å². The van der Waals surface area contributed by atoms with Gasteiger partial charge in [0.05, 0.1) is 17.9 Å². The molecule has 0 bridgehead atoms. The van der Waals surface area contributed by atoms with Gasteiger partial charge in [-0.25, -0.2) is 0 Å². The number of rotatable bonds is 6. The highest BCUT2D eigenvalue weighted by atomic mass is 16.5. The first-order valence-corrected chi connectivity index (χ1v) is 5.21. The van der Waals surface area contributed by atoms with Crippen LogP contribution < -0.4 is 0 Å². The average molecular weight is 231 g/mol. The lowest BCUT2D eigenvalue weighted by Crippen LogP contribution is -2.38. The van der Waals surface area contributed by atoms with Crippen LogP contribution in [0.25, 0.3) is 0 Å². The number of methoxy groups -OCH3 is 1. The van der Waals surface area contributed by atoms with Crippen molar-refractivity contribution in [1.29, 1.82) is 0 Å². The molecule has 1 N–H and O–H groups in total. The van der Waals surface area contributed by atoms with E-state index in [4.69, 9.17) is 9.84 Å². The van der Waals surface area contributed by atoms with Crippen molar-refractivity contribution >= 4 is 11.9 Å². The normalized spacial score (nSPS) is 13.3. The summed E-state index contributed by atoms with van der Waals surface area (Å²) in [5.41, 5.74) is -0.516. The zero-order chi connectivity index (χ0) is 12.9. The maximum Gasteiger partial charge on any atom is 0.308 e. The second-order valence-corrected chi connectivity index (χ2v) is 4.65. The number of hydrogen-bond donors (Lipinski definition) is 1. The molecule has 0 spiro atoms. The smallest absolute Gasteiger partial charge is 0.308 e. The van der Waals surface area contributed by atoms with E-state index in [2.05, 4.69) is 0 Å². The summed E-state index contributed by atoms with van der Waals surface area (Å²) in [4.78, 5) is 23.8. The fraction of sp³-hybridized carbons (Fsp3) is 0.818. The number of carbonyl (C=O) groups is 2. The van der Waals surface area contributed by atoms with Crippen LogP contribution in [0.4, 0.5) is 0 Å². The largest absolute Gasteiger partial charge is 0.481 e. The number of ether oxygens (including phenoxy) is 1. The van der Waals surface area contributed by atoms with Gasteiger partial charge in [0.25, 0.3) is 0 Å². The van der Waals surface area contributed by atoms with Crippen molar-refractivity contribution in [3.05, 3.63) is 0 Å². The molecule has 1 unspecified atom stereocenters. The third-order valence-corrected chi connectivity index (χ3v) is 2.52. The van der Waals surface area contributed by atoms with Crippen LogP contribution in [0.1, 0.15) is 27.2 Å². The third-order valence-electron chi connectivity index (χ3n) is 2.52. The van der Waals surface area contributed by atoms with E-state index in [1.54, 1.807) is 21.1 Å². The van der Waals surface area contributed by atoms with Gasteiger partial charge in [0.2, 0.25) is 5.91 Å². The fourth-order valence-electron chi connectivity index (χ4n) is 1.16. The van der Waals surface area contributed by atoms with Gasteiger partial charge >= 0.3 is 5.97 Å². The number of hydrogen-bond acceptors (Lipinski definition) is 3. The summed E-state index contributed by atoms with van der Waals surface area (Å²) in [6.07, 6.45) is 0.242. The minimum atomic E-state index is -0.898. The van der Waals surface area contributed by atoms with Crippen LogP contribution in [0.3, 0.4) is 0 Å². The second kappa shape index (κ2) is 5.84. The highest BCUT2D eigenvalue weighted by Crippen LogP contribution is 2.14. The van der Waals surface area contributed by atoms with Gasteiger partial charge in [-0.05, 0) is 13.8 Å². The summed E-state index contributed by atoms with van der Waals surface area (Å²) >= 11 is 0. The van der Waals surface area contributed by atoms with Crippen LogP contribution in [0.2, 0.25) is 0 Å². The molecule has 16 heavy (non-hydrogen) atoms. The molecule has 94 valence electrons. The average Bonchev–Trinajstić information content (AvgIpc) is 2.16. The Hall–Kier alpha value is -1.10. The Kier molecular flexibility index (Phi) is 5.44. The van der Waals surface area contributed by atoms with Crippen LogP contribution in [0, 0.1) is 5.92 Å². The highest BCUT2D eigenvalue weighted by Gasteiger charge is 2.24. The summed E-state index contributed by atoms with van der Waals surface area (Å²) in [7, 11) is 3.15. The molecular formula is C11H21NO4. The van der Waals surface area contributed by atoms with Crippen molar-refractivity contribution in [3.63, 3.8) is 0 Å². The Morgan fingerprint density at radius 1 is 1.44 bits per heavy atom. The third kappa shape index (κ3) is 5.11. The van der Waals surface area contributed by atoms with E-state index in [0.29, 0.717) is 0 Å². The lowest BCUT2D eigenvalue weighted by atomic mass is 10.0. The van der Waals surface area contributed by atoms with Gasteiger partial charge in [-0.2, -0.15) is 0 Å². The molecule has 0 aromatic carbocycles. The van der Waals surface area contributed by atoms with Crippen molar-refractivity contribution in [2.24, 2.45) is 5.92 Å². The summed E-state index contributed by atoms with van der Waals surface area (Å²) < 4.78 is 5.15. The molecule has 5 nitrogen and oxygen atoms in total. The van der Waals surface area contributed by atoms with Crippen LogP contribution in [0.5, 0.6) is 0 Å². The number of aliphatic carboxylic acids is 1. The molecule has 5 heteroatoms. The first-order valence-electron chi connectivity index (χ1n) is 5.21. The van der Waals surface area contributed by atoms with E-state index in [0.717, 1.165) is 0 Å². The van der Waals surface area contributed by atoms with Gasteiger partial charge in [0.15, 0.2) is 0 Å². The zero-order valence-electron chi connectivity index (χ0n) is 10.6. The lowest BCUT2D eigenvalue weighted by Gasteiger charge is -2.26. The number of carbonyl (C=O) groups excluding carboxylic acids is 1. The number of nitrogens with zero attached hydrogens (tertiary/aromatic N) is 1. The van der Waals surface area contributed by atoms with Gasteiger partial charge in [-0.3, -0.25) is 9.59 Å². The van der Waals surface area contributed by atoms with E-state index in [1.165, 1.54) is 4.90 Å². The standard InChI is InChI=1S/C11H21NO4/c1-8(10(14)15)7-12(4)9(13)6-11(2,3)16-5/h8H,6-7H2,1-5H3,(H,14,15). The number of carboxylic acids is 1. The first-order chi connectivity index (χ1) is 7.19. The van der Waals surface area contributed by atoms with E-state index in [1.807, 2.05) is 13.8 Å². The Balaban J connectivity index is 4.25. The summed E-state index contributed by atoms with van der Waals surface area (Å²) in [5, 5.41) is 8.73. The van der Waals surface area contributed by atoms with Gasteiger partial charge in [-0.15, -0.1) is 0 Å². The molecule has 1 atom stereocenters. The molecule has 0 saturated heterocycles. The van der Waals surface area contributed by atoms with Crippen LogP contribution in [-0.4, -0.2) is 48.2 Å². The Morgan fingerprint density at radius 3 is 2.31 bits per heavy atom. The molecule has 0 rings (SSSR count). The molecule has 0 saturated carbocycles. The zero-order valence-corrected chi connectivity index (χ0v) is 10.6. The minimum absolute atomic E-state index is 0.111. The Labute approximate surface area is 96.4 Å². The highest BCUT2D eigenvalue weighted by molar-refractivity contribution is 5.78. The van der Waals surface area contributed by atoms with E-state index in [9.17, 15) is 9.59 Å². The molecule has 0 aromatic rings. The summed E-state index contributed by atoms with van der Waals surface area (Å²) in [6.45, 7) is 5.43. The molecule has 0 heterocycles. The number of amides is 1. The molecule has 0 fully saturated rings. The Bertz CT molecular complexity index is 263. The first kappa shape index (κ1) is 14.9. The molecule has 0 aliphatic carbocycles. The quantitative estimate of drug-likeness (QED) is 0.740. The molecule has 1 amide bonds. The predicted molar refractivity (Wildman–Crippen MR) is 60.1 cm³/mol. The molecule has 0 radical (unpaired) electrons. The summed E-state index contributed by atoms with van der Waals surface area (Å²) in [5.74, 6) is -1.56. The fourth-order valence-corrected chi connectivity index (χ4v) is 1.16. The van der Waals surface area contributed by atoms with E-state index < -0.39 is 17.5 Å². The SMILES string of the molecule is COC(C)(C)CC(=O)N(C)CC(C)C(=O)O. The van der Waals surface area contributed by atoms with Gasteiger partial charge in [0, 0.05) is 20.7 Å². The van der Waals surface area contributed by atoms with Crippen LogP contribution in [0.15, 0.2) is 0 Å². The number of carboxylic acid groups (broad SMARTS) is 1. The van der Waals surface area contributed by atoms with Crippen molar-refractivity contribution in [2.75, 3.05) is 20.7 Å². The summed E-state index contributed by atoms with van der Waals surface area (Å²) in [6, 6.07) is 0. The van der Waals surface area contributed by atoms with Crippen LogP contribution in [-0.2, 0) is 14.3 Å². The topological polar surface area (TPSA) is 66.8 Å². The second-order valence-electron chi connectivity index (χ2n) is 4.65. The van der Waals surface area contributed by atoms with Crippen molar-refractivity contribution < 1.29 is 19.4 Å². The van der Waals surface area contributed by atoms with Gasteiger partial charge in [-0.1, -0.05) is 6.92 Å². The lowest BCUT2D eigenvalue weighted by molar-refractivity contribution is -0.143. The van der Waals surface area contributed by atoms with Gasteiger partial charge in [0.1, 0.15) is 0 Å². The van der Waals surface area contributed by atoms with E-state index >= 15 is 0 Å². The predicted octanol–water partition coefficient (Wildman–Crippen LogP) is 0.981. The maximum atomic E-state index is 11.7. The van der Waals surface area contributed by atoms with E-state index in [-0.39, 0.29) is 18.9 Å².